The maximum atomic E-state index is 14.1. The van der Waals surface area contributed by atoms with Gasteiger partial charge in [0.1, 0.15) is 34.8 Å². The maximum absolute atomic E-state index is 14.1. The third kappa shape index (κ3) is 7.53. The third-order valence-corrected chi connectivity index (χ3v) is 8.59. The number of para-hydroxylation sites is 1. The summed E-state index contributed by atoms with van der Waals surface area (Å²) < 4.78 is 22.3. The highest BCUT2D eigenvalue weighted by Gasteiger charge is 2.33. The van der Waals surface area contributed by atoms with E-state index in [0.29, 0.717) is 48.3 Å². The van der Waals surface area contributed by atoms with E-state index >= 15 is 0 Å². The summed E-state index contributed by atoms with van der Waals surface area (Å²) >= 11 is 0. The first kappa shape index (κ1) is 33.6. The molecule has 2 heterocycles. The number of carbonyl (C=O) groups excluding carboxylic acids is 2. The van der Waals surface area contributed by atoms with Gasteiger partial charge in [-0.2, -0.15) is 5.26 Å². The van der Waals surface area contributed by atoms with Crippen LogP contribution in [-0.2, 0) is 17.9 Å². The van der Waals surface area contributed by atoms with Crippen LogP contribution >= 0.6 is 0 Å². The van der Waals surface area contributed by atoms with Gasteiger partial charge in [-0.05, 0) is 77.4 Å². The van der Waals surface area contributed by atoms with Crippen molar-refractivity contribution in [3.63, 3.8) is 0 Å². The van der Waals surface area contributed by atoms with E-state index in [1.165, 1.54) is 0 Å². The van der Waals surface area contributed by atoms with Gasteiger partial charge in [0.05, 0.1) is 26.9 Å². The lowest BCUT2D eigenvalue weighted by atomic mass is 9.98. The molecule has 0 aliphatic carbocycles. The van der Waals surface area contributed by atoms with Crippen molar-refractivity contribution in [2.45, 2.75) is 25.4 Å². The lowest BCUT2D eigenvalue weighted by Gasteiger charge is -2.24. The van der Waals surface area contributed by atoms with Crippen LogP contribution in [0.5, 0.6) is 28.7 Å². The highest BCUT2D eigenvalue weighted by molar-refractivity contribution is 5.97. The van der Waals surface area contributed by atoms with Gasteiger partial charge in [-0.15, -0.1) is 0 Å². The second kappa shape index (κ2) is 15.3. The predicted octanol–water partition coefficient (Wildman–Crippen LogP) is 7.13. The second-order valence-electron chi connectivity index (χ2n) is 11.8. The topological polar surface area (TPSA) is 114 Å². The SMILES string of the molecule is COc1ccc(CN(Cc2ccc(OC)cc2)C(=O)c2cccc(N3CC(c4ccc(OC)c(Oc5ccccc5C#N)c4)CC3=O)n2)cc1. The molecule has 1 aromatic heterocycles. The van der Waals surface area contributed by atoms with E-state index in [1.807, 2.05) is 60.7 Å². The normalized spacial score (nSPS) is 13.8. The Morgan fingerprint density at radius 1 is 0.800 bits per heavy atom. The lowest BCUT2D eigenvalue weighted by molar-refractivity contribution is -0.117. The molecule has 50 heavy (non-hydrogen) atoms. The van der Waals surface area contributed by atoms with Crippen molar-refractivity contribution in [1.29, 1.82) is 5.26 Å². The van der Waals surface area contributed by atoms with Crippen LogP contribution in [0.2, 0.25) is 0 Å². The van der Waals surface area contributed by atoms with Crippen molar-refractivity contribution in [1.82, 2.24) is 9.88 Å². The molecule has 10 heteroatoms. The van der Waals surface area contributed by atoms with Gasteiger partial charge >= 0.3 is 0 Å². The molecule has 0 N–H and O–H groups in total. The van der Waals surface area contributed by atoms with Crippen LogP contribution in [-0.4, -0.2) is 49.6 Å². The first-order valence-corrected chi connectivity index (χ1v) is 16.1. The first-order chi connectivity index (χ1) is 24.4. The van der Waals surface area contributed by atoms with Gasteiger partial charge in [-0.25, -0.2) is 4.98 Å². The van der Waals surface area contributed by atoms with Crippen molar-refractivity contribution in [2.24, 2.45) is 0 Å². The van der Waals surface area contributed by atoms with Crippen LogP contribution in [0.4, 0.5) is 5.82 Å². The van der Waals surface area contributed by atoms with Gasteiger partial charge < -0.3 is 23.8 Å². The van der Waals surface area contributed by atoms with Crippen LogP contribution in [0.15, 0.2) is 109 Å². The Hall–Kier alpha value is -6.34. The number of nitrogens with zero attached hydrogens (tertiary/aromatic N) is 4. The molecule has 10 nitrogen and oxygen atoms in total. The molecule has 0 bridgehead atoms. The highest BCUT2D eigenvalue weighted by atomic mass is 16.5. The smallest absolute Gasteiger partial charge is 0.273 e. The molecule has 1 unspecified atom stereocenters. The minimum Gasteiger partial charge on any atom is -0.497 e. The molecule has 0 radical (unpaired) electrons. The molecule has 1 fully saturated rings. The number of amides is 2. The number of anilines is 1. The molecule has 5 aromatic rings. The average molecular weight is 669 g/mol. The van der Waals surface area contributed by atoms with E-state index < -0.39 is 0 Å². The first-order valence-electron chi connectivity index (χ1n) is 16.1. The molecule has 2 amide bonds. The monoisotopic (exact) mass is 668 g/mol. The highest BCUT2D eigenvalue weighted by Crippen LogP contribution is 2.38. The van der Waals surface area contributed by atoms with Crippen LogP contribution in [0.1, 0.15) is 45.1 Å². The maximum Gasteiger partial charge on any atom is 0.273 e. The van der Waals surface area contributed by atoms with Gasteiger partial charge in [-0.1, -0.05) is 48.5 Å². The molecule has 252 valence electrons. The molecule has 6 rings (SSSR count). The van der Waals surface area contributed by atoms with Crippen LogP contribution < -0.4 is 23.8 Å². The Morgan fingerprint density at radius 2 is 1.46 bits per heavy atom. The van der Waals surface area contributed by atoms with Crippen molar-refractivity contribution in [3.05, 3.63) is 137 Å². The van der Waals surface area contributed by atoms with E-state index in [0.717, 1.165) is 28.2 Å². The van der Waals surface area contributed by atoms with Gasteiger partial charge in [-0.3, -0.25) is 14.5 Å². The summed E-state index contributed by atoms with van der Waals surface area (Å²) in [5.74, 6) is 2.69. The lowest BCUT2D eigenvalue weighted by Crippen LogP contribution is -2.32. The van der Waals surface area contributed by atoms with Crippen molar-refractivity contribution >= 4 is 17.6 Å². The number of pyridine rings is 1. The Morgan fingerprint density at radius 3 is 2.08 bits per heavy atom. The van der Waals surface area contributed by atoms with Gasteiger partial charge in [0, 0.05) is 32.0 Å². The van der Waals surface area contributed by atoms with Gasteiger partial charge in [0.25, 0.3) is 5.91 Å². The zero-order valence-corrected chi connectivity index (χ0v) is 28.0. The molecule has 0 saturated carbocycles. The summed E-state index contributed by atoms with van der Waals surface area (Å²) in [4.78, 5) is 35.6. The molecule has 4 aromatic carbocycles. The zero-order valence-electron chi connectivity index (χ0n) is 28.0. The van der Waals surface area contributed by atoms with Crippen molar-refractivity contribution in [2.75, 3.05) is 32.8 Å². The minimum atomic E-state index is -0.267. The van der Waals surface area contributed by atoms with E-state index in [4.69, 9.17) is 23.9 Å². The fourth-order valence-electron chi connectivity index (χ4n) is 5.90. The van der Waals surface area contributed by atoms with Gasteiger partial charge in [0.15, 0.2) is 11.5 Å². The van der Waals surface area contributed by atoms with Crippen molar-refractivity contribution < 1.29 is 28.5 Å². The predicted molar refractivity (Wildman–Crippen MR) is 188 cm³/mol. The summed E-state index contributed by atoms with van der Waals surface area (Å²) in [6, 6.07) is 35.0. The third-order valence-electron chi connectivity index (χ3n) is 8.59. The number of rotatable bonds is 12. The second-order valence-corrected chi connectivity index (χ2v) is 11.8. The number of carbonyl (C=O) groups is 2. The number of benzene rings is 4. The van der Waals surface area contributed by atoms with Crippen LogP contribution in [0, 0.1) is 11.3 Å². The van der Waals surface area contributed by atoms with Crippen molar-refractivity contribution in [3.8, 4) is 34.8 Å². The number of nitriles is 1. The molecular formula is C40H36N4O6. The van der Waals surface area contributed by atoms with Gasteiger partial charge in [0.2, 0.25) is 5.91 Å². The number of ether oxygens (including phenoxy) is 4. The number of methoxy groups -OCH3 is 3. The molecule has 1 aliphatic rings. The Labute approximate surface area is 291 Å². The Bertz CT molecular complexity index is 1970. The Balaban J connectivity index is 1.23. The number of aromatic nitrogens is 1. The summed E-state index contributed by atoms with van der Waals surface area (Å²) in [6.45, 7) is 1.05. The molecule has 1 aliphatic heterocycles. The summed E-state index contributed by atoms with van der Waals surface area (Å²) in [5, 5.41) is 9.53. The zero-order chi connectivity index (χ0) is 35.0. The van der Waals surface area contributed by atoms with Crippen LogP contribution in [0.25, 0.3) is 0 Å². The quantitative estimate of drug-likeness (QED) is 0.138. The van der Waals surface area contributed by atoms with E-state index in [-0.39, 0.29) is 29.8 Å². The number of hydrogen-bond donors (Lipinski definition) is 0. The Kier molecular flexibility index (Phi) is 10.2. The molecule has 1 saturated heterocycles. The molecular weight excluding hydrogens is 632 g/mol. The van der Waals surface area contributed by atoms with Crippen LogP contribution in [0.3, 0.4) is 0 Å². The van der Waals surface area contributed by atoms with E-state index in [9.17, 15) is 14.9 Å². The summed E-state index contributed by atoms with van der Waals surface area (Å²) in [6.07, 6.45) is 0.251. The van der Waals surface area contributed by atoms with E-state index in [1.54, 1.807) is 79.7 Å². The average Bonchev–Trinajstić information content (AvgIpc) is 3.56. The largest absolute Gasteiger partial charge is 0.497 e. The molecule has 1 atom stereocenters. The minimum absolute atomic E-state index is 0.103. The fraction of sp³-hybridized carbons (Fsp3) is 0.200. The summed E-state index contributed by atoms with van der Waals surface area (Å²) in [7, 11) is 4.77. The van der Waals surface area contributed by atoms with E-state index in [2.05, 4.69) is 6.07 Å². The summed E-state index contributed by atoms with van der Waals surface area (Å²) in [5.41, 5.74) is 3.37. The fourth-order valence-corrected chi connectivity index (χ4v) is 5.90. The molecule has 0 spiro atoms. The number of hydrogen-bond acceptors (Lipinski definition) is 8. The standard InChI is InChI=1S/C40H36N4O6/c1-47-32-16-11-27(12-17-32)24-43(25-28-13-18-33(48-2)19-14-28)40(46)34-8-6-10-38(42-34)44-26-31(22-39(44)45)29-15-20-36(49-3)37(21-29)50-35-9-5-4-7-30(35)23-41/h4-21,31H,22,24-26H2,1-3H3.